The Morgan fingerprint density at radius 2 is 2.29 bits per heavy atom. The van der Waals surface area contributed by atoms with Crippen molar-refractivity contribution >= 4 is 5.84 Å². The normalized spacial score (nSPS) is 20.1. The molecule has 6 heteroatoms. The highest BCUT2D eigenvalue weighted by Crippen LogP contribution is 2.24. The standard InChI is InChI=1S/C15H22FN3O2/c16-14-9-11(15(17)18-21)5-6-12(14)10-19-7-1-3-13(19)4-2-8-20/h5-6,9,13,20-21H,1-4,7-8,10H2,(H2,17,18). The third-order valence-corrected chi connectivity index (χ3v) is 4.02. The van der Waals surface area contributed by atoms with Gasteiger partial charge in [0.1, 0.15) is 5.82 Å². The number of nitrogens with zero attached hydrogens (tertiary/aromatic N) is 2. The number of halogens is 1. The van der Waals surface area contributed by atoms with Crippen molar-refractivity contribution < 1.29 is 14.7 Å². The van der Waals surface area contributed by atoms with Crippen LogP contribution in [0.4, 0.5) is 4.39 Å². The van der Waals surface area contributed by atoms with E-state index in [0.717, 1.165) is 32.2 Å². The van der Waals surface area contributed by atoms with Gasteiger partial charge in [0.05, 0.1) is 0 Å². The first-order valence-corrected chi connectivity index (χ1v) is 7.27. The van der Waals surface area contributed by atoms with E-state index < -0.39 is 0 Å². The molecule has 0 radical (unpaired) electrons. The number of aliphatic hydroxyl groups is 1. The van der Waals surface area contributed by atoms with Gasteiger partial charge in [-0.3, -0.25) is 4.90 Å². The summed E-state index contributed by atoms with van der Waals surface area (Å²) in [5.41, 5.74) is 6.44. The summed E-state index contributed by atoms with van der Waals surface area (Å²) in [6.45, 7) is 1.71. The molecule has 0 saturated carbocycles. The first kappa shape index (κ1) is 15.7. The highest BCUT2D eigenvalue weighted by atomic mass is 19.1. The molecule has 0 aliphatic carbocycles. The quantitative estimate of drug-likeness (QED) is 0.323. The Kier molecular flexibility index (Phi) is 5.52. The van der Waals surface area contributed by atoms with Gasteiger partial charge in [0.2, 0.25) is 0 Å². The third kappa shape index (κ3) is 3.92. The van der Waals surface area contributed by atoms with Gasteiger partial charge in [0, 0.05) is 30.3 Å². The second-order valence-electron chi connectivity index (χ2n) is 5.42. The number of rotatable bonds is 6. The molecule has 1 unspecified atom stereocenters. The van der Waals surface area contributed by atoms with E-state index >= 15 is 0 Å². The molecule has 2 rings (SSSR count). The molecule has 116 valence electrons. The van der Waals surface area contributed by atoms with Crippen LogP contribution in [0.2, 0.25) is 0 Å². The number of benzene rings is 1. The van der Waals surface area contributed by atoms with Gasteiger partial charge in [-0.05, 0) is 38.3 Å². The fraction of sp³-hybridized carbons (Fsp3) is 0.533. The summed E-state index contributed by atoms with van der Waals surface area (Å²) in [5.74, 6) is -0.436. The van der Waals surface area contributed by atoms with E-state index in [9.17, 15) is 4.39 Å². The molecule has 1 atom stereocenters. The Hall–Kier alpha value is -1.66. The van der Waals surface area contributed by atoms with Crippen molar-refractivity contribution in [3.05, 3.63) is 35.1 Å². The summed E-state index contributed by atoms with van der Waals surface area (Å²) in [6.07, 6.45) is 3.94. The van der Waals surface area contributed by atoms with Crippen LogP contribution in [0.3, 0.4) is 0 Å². The van der Waals surface area contributed by atoms with Crippen LogP contribution >= 0.6 is 0 Å². The molecule has 21 heavy (non-hydrogen) atoms. The number of likely N-dealkylation sites (tertiary alicyclic amines) is 1. The van der Waals surface area contributed by atoms with Crippen molar-refractivity contribution in [3.63, 3.8) is 0 Å². The van der Waals surface area contributed by atoms with Gasteiger partial charge in [0.25, 0.3) is 0 Å². The lowest BCUT2D eigenvalue weighted by atomic mass is 10.1. The Morgan fingerprint density at radius 1 is 1.48 bits per heavy atom. The molecule has 1 saturated heterocycles. The van der Waals surface area contributed by atoms with Gasteiger partial charge < -0.3 is 16.0 Å². The molecule has 0 amide bonds. The average molecular weight is 295 g/mol. The minimum Gasteiger partial charge on any atom is -0.409 e. The Morgan fingerprint density at radius 3 is 2.95 bits per heavy atom. The van der Waals surface area contributed by atoms with Crippen LogP contribution in [0.5, 0.6) is 0 Å². The molecule has 1 aliphatic heterocycles. The molecule has 1 fully saturated rings. The molecular formula is C15H22FN3O2. The van der Waals surface area contributed by atoms with Crippen molar-refractivity contribution in [2.24, 2.45) is 10.9 Å². The number of hydrogen-bond donors (Lipinski definition) is 3. The maximum absolute atomic E-state index is 14.1. The van der Waals surface area contributed by atoms with Gasteiger partial charge in [-0.15, -0.1) is 0 Å². The SMILES string of the molecule is NC(=NO)c1ccc(CN2CCCC2CCCO)c(F)c1. The van der Waals surface area contributed by atoms with Gasteiger partial charge in [-0.25, -0.2) is 4.39 Å². The van der Waals surface area contributed by atoms with Crippen LogP contribution in [0.1, 0.15) is 36.8 Å². The van der Waals surface area contributed by atoms with Crippen LogP contribution in [-0.2, 0) is 6.54 Å². The van der Waals surface area contributed by atoms with Crippen LogP contribution < -0.4 is 5.73 Å². The van der Waals surface area contributed by atoms with Crippen molar-refractivity contribution in [2.75, 3.05) is 13.2 Å². The zero-order chi connectivity index (χ0) is 15.2. The first-order valence-electron chi connectivity index (χ1n) is 7.27. The molecule has 5 nitrogen and oxygen atoms in total. The van der Waals surface area contributed by atoms with Crippen molar-refractivity contribution in [2.45, 2.75) is 38.3 Å². The predicted molar refractivity (Wildman–Crippen MR) is 78.7 cm³/mol. The highest BCUT2D eigenvalue weighted by Gasteiger charge is 2.24. The summed E-state index contributed by atoms with van der Waals surface area (Å²) in [7, 11) is 0. The van der Waals surface area contributed by atoms with Crippen molar-refractivity contribution in [1.82, 2.24) is 4.90 Å². The average Bonchev–Trinajstić information content (AvgIpc) is 2.93. The van der Waals surface area contributed by atoms with Gasteiger partial charge >= 0.3 is 0 Å². The van der Waals surface area contributed by atoms with Crippen LogP contribution in [-0.4, -0.2) is 40.2 Å². The number of nitrogens with two attached hydrogens (primary N) is 1. The number of amidine groups is 1. The Labute approximate surface area is 123 Å². The lowest BCUT2D eigenvalue weighted by molar-refractivity contribution is 0.208. The summed E-state index contributed by atoms with van der Waals surface area (Å²) in [6, 6.07) is 5.06. The minimum atomic E-state index is -0.341. The predicted octanol–water partition coefficient (Wildman–Crippen LogP) is 1.66. The first-order chi connectivity index (χ1) is 10.2. The fourth-order valence-electron chi connectivity index (χ4n) is 2.87. The lowest BCUT2D eigenvalue weighted by Crippen LogP contribution is -2.29. The van der Waals surface area contributed by atoms with E-state index in [4.69, 9.17) is 16.0 Å². The summed E-state index contributed by atoms with van der Waals surface area (Å²) < 4.78 is 14.1. The second-order valence-corrected chi connectivity index (χ2v) is 5.42. The molecule has 1 aromatic carbocycles. The molecule has 1 aromatic rings. The minimum absolute atomic E-state index is 0.0950. The number of hydrogen-bond acceptors (Lipinski definition) is 4. The Balaban J connectivity index is 2.05. The molecule has 4 N–H and O–H groups in total. The summed E-state index contributed by atoms with van der Waals surface area (Å²) in [5, 5.41) is 20.4. The summed E-state index contributed by atoms with van der Waals surface area (Å²) >= 11 is 0. The molecule has 1 heterocycles. The third-order valence-electron chi connectivity index (χ3n) is 4.02. The van der Waals surface area contributed by atoms with E-state index in [0.29, 0.717) is 23.7 Å². The van der Waals surface area contributed by atoms with E-state index in [1.165, 1.54) is 6.07 Å². The summed E-state index contributed by atoms with van der Waals surface area (Å²) in [4.78, 5) is 2.26. The van der Waals surface area contributed by atoms with Crippen LogP contribution in [0, 0.1) is 5.82 Å². The smallest absolute Gasteiger partial charge is 0.170 e. The molecular weight excluding hydrogens is 273 g/mol. The highest BCUT2D eigenvalue weighted by molar-refractivity contribution is 5.97. The second kappa shape index (κ2) is 7.38. The molecule has 0 spiro atoms. The number of aliphatic hydroxyl groups excluding tert-OH is 1. The van der Waals surface area contributed by atoms with Crippen molar-refractivity contribution in [1.29, 1.82) is 0 Å². The van der Waals surface area contributed by atoms with Crippen LogP contribution in [0.25, 0.3) is 0 Å². The van der Waals surface area contributed by atoms with Gasteiger partial charge in [0.15, 0.2) is 5.84 Å². The van der Waals surface area contributed by atoms with E-state index in [-0.39, 0.29) is 18.3 Å². The largest absolute Gasteiger partial charge is 0.409 e. The van der Waals surface area contributed by atoms with E-state index in [1.54, 1.807) is 12.1 Å². The lowest BCUT2D eigenvalue weighted by Gasteiger charge is -2.24. The molecule has 0 aromatic heterocycles. The zero-order valence-corrected chi connectivity index (χ0v) is 12.0. The fourth-order valence-corrected chi connectivity index (χ4v) is 2.87. The van der Waals surface area contributed by atoms with Crippen molar-refractivity contribution in [3.8, 4) is 0 Å². The van der Waals surface area contributed by atoms with Gasteiger partial charge in [-0.2, -0.15) is 0 Å². The van der Waals surface area contributed by atoms with Gasteiger partial charge in [-0.1, -0.05) is 17.3 Å². The molecule has 1 aliphatic rings. The maximum Gasteiger partial charge on any atom is 0.170 e. The maximum atomic E-state index is 14.1. The Bertz CT molecular complexity index is 508. The number of oxime groups is 1. The van der Waals surface area contributed by atoms with Crippen LogP contribution in [0.15, 0.2) is 23.4 Å². The monoisotopic (exact) mass is 295 g/mol. The topological polar surface area (TPSA) is 82.1 Å². The molecule has 0 bridgehead atoms. The zero-order valence-electron chi connectivity index (χ0n) is 12.0. The van der Waals surface area contributed by atoms with E-state index in [2.05, 4.69) is 10.1 Å². The van der Waals surface area contributed by atoms with E-state index in [1.807, 2.05) is 0 Å².